The number of hydrogen-bond acceptors (Lipinski definition) is 2. The van der Waals surface area contributed by atoms with Crippen LogP contribution in [-0.2, 0) is 0 Å². The third kappa shape index (κ3) is 2.62. The molecule has 1 aromatic carbocycles. The molecule has 2 saturated carbocycles. The van der Waals surface area contributed by atoms with Crippen molar-refractivity contribution in [2.24, 2.45) is 11.8 Å². The highest BCUT2D eigenvalue weighted by molar-refractivity contribution is 5.27. The Labute approximate surface area is 97.3 Å². The van der Waals surface area contributed by atoms with Crippen molar-refractivity contribution in [1.29, 1.82) is 5.26 Å². The van der Waals surface area contributed by atoms with Crippen LogP contribution in [0.25, 0.3) is 0 Å². The Morgan fingerprint density at radius 2 is 2.00 bits per heavy atom. The average molecular weight is 214 g/mol. The van der Waals surface area contributed by atoms with Crippen LogP contribution in [0.4, 0.5) is 0 Å². The van der Waals surface area contributed by atoms with Crippen molar-refractivity contribution in [1.82, 2.24) is 5.32 Å². The number of nitrogens with zero attached hydrogens (tertiary/aromatic N) is 1. The minimum atomic E-state index is 0.715. The molecule has 0 aromatic heterocycles. The molecule has 0 radical (unpaired) electrons. The van der Waals surface area contributed by atoms with Crippen LogP contribution in [0.1, 0.15) is 24.8 Å². The zero-order valence-corrected chi connectivity index (χ0v) is 9.69. The highest BCUT2D eigenvalue weighted by Crippen LogP contribution is 2.51. The van der Waals surface area contributed by atoms with Gasteiger partial charge in [0.05, 0.1) is 11.6 Å². The first-order valence-corrected chi connectivity index (χ1v) is 5.97. The summed E-state index contributed by atoms with van der Waals surface area (Å²) in [6.07, 6.45) is 4.45. The van der Waals surface area contributed by atoms with E-state index in [1.807, 2.05) is 24.3 Å². The molecule has 0 saturated heterocycles. The van der Waals surface area contributed by atoms with Crippen molar-refractivity contribution in [3.05, 3.63) is 35.9 Å². The number of benzene rings is 1. The smallest absolute Gasteiger partial charge is 0.0991 e. The molecular weight excluding hydrogens is 196 g/mol. The molecule has 2 fully saturated rings. The van der Waals surface area contributed by atoms with E-state index in [2.05, 4.69) is 12.4 Å². The van der Waals surface area contributed by atoms with Gasteiger partial charge >= 0.3 is 0 Å². The van der Waals surface area contributed by atoms with Gasteiger partial charge in [-0.3, -0.25) is 0 Å². The lowest BCUT2D eigenvalue weighted by molar-refractivity contribution is 0.519. The molecule has 2 heteroatoms. The molecule has 2 aliphatic carbocycles. The van der Waals surface area contributed by atoms with Crippen LogP contribution in [0.5, 0.6) is 0 Å². The summed E-state index contributed by atoms with van der Waals surface area (Å²) in [5, 5.41) is 11.6. The first kappa shape index (κ1) is 11.2. The number of fused-ring (bicyclic) bond motifs is 1. The fourth-order valence-corrected chi connectivity index (χ4v) is 2.57. The number of nitriles is 1. The van der Waals surface area contributed by atoms with E-state index in [-0.39, 0.29) is 0 Å². The third-order valence-corrected chi connectivity index (χ3v) is 3.62. The van der Waals surface area contributed by atoms with Gasteiger partial charge in [0, 0.05) is 6.04 Å². The first-order chi connectivity index (χ1) is 7.85. The molecule has 16 heavy (non-hydrogen) atoms. The standard InChI is InChI=1S/C7H13N.C7H5N/c1-8-7-3-2-5-4-6(5)7;8-6-7-4-2-1-3-5-7/h5-8H,2-4H2,1H3;1-5H. The molecule has 84 valence electrons. The van der Waals surface area contributed by atoms with Gasteiger partial charge in [0.1, 0.15) is 0 Å². The van der Waals surface area contributed by atoms with Gasteiger partial charge in [0.15, 0.2) is 0 Å². The molecule has 1 aromatic rings. The minimum absolute atomic E-state index is 0.715. The van der Waals surface area contributed by atoms with Gasteiger partial charge in [-0.25, -0.2) is 0 Å². The first-order valence-electron chi connectivity index (χ1n) is 5.97. The average Bonchev–Trinajstić information content (AvgIpc) is 3.03. The van der Waals surface area contributed by atoms with E-state index < -0.39 is 0 Å². The van der Waals surface area contributed by atoms with Crippen LogP contribution in [0.15, 0.2) is 30.3 Å². The Morgan fingerprint density at radius 1 is 1.25 bits per heavy atom. The van der Waals surface area contributed by atoms with E-state index in [4.69, 9.17) is 5.26 Å². The summed E-state index contributed by atoms with van der Waals surface area (Å²) in [7, 11) is 2.09. The third-order valence-electron chi connectivity index (χ3n) is 3.62. The summed E-state index contributed by atoms with van der Waals surface area (Å²) in [4.78, 5) is 0. The van der Waals surface area contributed by atoms with E-state index in [1.165, 1.54) is 19.3 Å². The van der Waals surface area contributed by atoms with Gasteiger partial charge in [-0.15, -0.1) is 0 Å². The van der Waals surface area contributed by atoms with Crippen molar-refractivity contribution in [3.8, 4) is 6.07 Å². The fraction of sp³-hybridized carbons (Fsp3) is 0.500. The van der Waals surface area contributed by atoms with Gasteiger partial charge in [-0.05, 0) is 50.3 Å². The van der Waals surface area contributed by atoms with E-state index in [0.29, 0.717) is 5.56 Å². The van der Waals surface area contributed by atoms with E-state index in [0.717, 1.165) is 17.9 Å². The molecule has 0 bridgehead atoms. The quantitative estimate of drug-likeness (QED) is 0.780. The highest BCUT2D eigenvalue weighted by Gasteiger charge is 2.47. The topological polar surface area (TPSA) is 35.8 Å². The second-order valence-electron chi connectivity index (χ2n) is 4.61. The predicted molar refractivity (Wildman–Crippen MR) is 64.8 cm³/mol. The van der Waals surface area contributed by atoms with Crippen LogP contribution in [-0.4, -0.2) is 13.1 Å². The van der Waals surface area contributed by atoms with Crippen LogP contribution >= 0.6 is 0 Å². The number of rotatable bonds is 1. The summed E-state index contributed by atoms with van der Waals surface area (Å²) < 4.78 is 0. The summed E-state index contributed by atoms with van der Waals surface area (Å²) in [5.74, 6) is 2.22. The summed E-state index contributed by atoms with van der Waals surface area (Å²) in [5.41, 5.74) is 0.715. The van der Waals surface area contributed by atoms with Crippen molar-refractivity contribution in [2.75, 3.05) is 7.05 Å². The summed E-state index contributed by atoms with van der Waals surface area (Å²) in [6.45, 7) is 0. The Hall–Kier alpha value is -1.33. The van der Waals surface area contributed by atoms with E-state index >= 15 is 0 Å². The Bertz CT molecular complexity index is 366. The van der Waals surface area contributed by atoms with E-state index in [1.54, 1.807) is 12.1 Å². The Balaban J connectivity index is 0.000000120. The van der Waals surface area contributed by atoms with Crippen LogP contribution in [0.2, 0.25) is 0 Å². The highest BCUT2D eigenvalue weighted by atomic mass is 14.9. The largest absolute Gasteiger partial charge is 0.317 e. The maximum absolute atomic E-state index is 8.29. The lowest BCUT2D eigenvalue weighted by Crippen LogP contribution is -2.24. The van der Waals surface area contributed by atoms with Gasteiger partial charge in [-0.2, -0.15) is 5.26 Å². The molecule has 2 nitrogen and oxygen atoms in total. The van der Waals surface area contributed by atoms with Gasteiger partial charge < -0.3 is 5.32 Å². The Kier molecular flexibility index (Phi) is 3.58. The van der Waals surface area contributed by atoms with Gasteiger partial charge in [0.25, 0.3) is 0 Å². The molecule has 0 spiro atoms. The molecule has 3 rings (SSSR count). The monoisotopic (exact) mass is 214 g/mol. The molecule has 3 atom stereocenters. The number of nitrogens with one attached hydrogen (secondary N) is 1. The van der Waals surface area contributed by atoms with Crippen LogP contribution < -0.4 is 5.32 Å². The van der Waals surface area contributed by atoms with Crippen LogP contribution in [0.3, 0.4) is 0 Å². The Morgan fingerprint density at radius 3 is 2.31 bits per heavy atom. The zero-order chi connectivity index (χ0) is 11.4. The zero-order valence-electron chi connectivity index (χ0n) is 9.69. The van der Waals surface area contributed by atoms with Crippen molar-refractivity contribution < 1.29 is 0 Å². The molecule has 0 aliphatic heterocycles. The van der Waals surface area contributed by atoms with Crippen molar-refractivity contribution >= 4 is 0 Å². The van der Waals surface area contributed by atoms with Crippen molar-refractivity contribution in [3.63, 3.8) is 0 Å². The molecular formula is C14H18N2. The van der Waals surface area contributed by atoms with E-state index in [9.17, 15) is 0 Å². The molecule has 2 aliphatic rings. The maximum atomic E-state index is 8.29. The molecule has 0 amide bonds. The minimum Gasteiger partial charge on any atom is -0.317 e. The van der Waals surface area contributed by atoms with Crippen molar-refractivity contribution in [2.45, 2.75) is 25.3 Å². The molecule has 1 N–H and O–H groups in total. The fourth-order valence-electron chi connectivity index (χ4n) is 2.57. The second kappa shape index (κ2) is 5.14. The molecule has 0 heterocycles. The predicted octanol–water partition coefficient (Wildman–Crippen LogP) is 2.56. The lowest BCUT2D eigenvalue weighted by Gasteiger charge is -2.07. The SMILES string of the molecule is CNC1CCC2CC21.N#Cc1ccccc1. The van der Waals surface area contributed by atoms with Gasteiger partial charge in [-0.1, -0.05) is 18.2 Å². The summed E-state index contributed by atoms with van der Waals surface area (Å²) >= 11 is 0. The lowest BCUT2D eigenvalue weighted by atomic mass is 10.2. The maximum Gasteiger partial charge on any atom is 0.0991 e. The normalized spacial score (nSPS) is 29.6. The second-order valence-corrected chi connectivity index (χ2v) is 4.61. The van der Waals surface area contributed by atoms with Crippen LogP contribution in [0, 0.1) is 23.2 Å². The number of hydrogen-bond donors (Lipinski definition) is 1. The van der Waals surface area contributed by atoms with Gasteiger partial charge in [0.2, 0.25) is 0 Å². The summed E-state index contributed by atoms with van der Waals surface area (Å²) in [6, 6.07) is 12.1. The molecule has 3 unspecified atom stereocenters.